The number of amides is 4. The number of hydrogen-bond donors (Lipinski definition) is 0. The maximum Gasteiger partial charge on any atom is 0.260 e. The predicted octanol–water partition coefficient (Wildman–Crippen LogP) is 4.42. The Morgan fingerprint density at radius 1 is 0.838 bits per heavy atom. The smallest absolute Gasteiger partial charge is 0.260 e. The van der Waals surface area contributed by atoms with E-state index in [0.717, 1.165) is 16.9 Å². The molecule has 2 aliphatic rings. The average molecular weight is 496 g/mol. The monoisotopic (exact) mass is 495 g/mol. The summed E-state index contributed by atoms with van der Waals surface area (Å²) in [5, 5.41) is 0. The maximum absolute atomic E-state index is 13.9. The van der Waals surface area contributed by atoms with Crippen molar-refractivity contribution in [2.24, 2.45) is 5.92 Å². The van der Waals surface area contributed by atoms with E-state index in [4.69, 9.17) is 0 Å². The zero-order valence-corrected chi connectivity index (χ0v) is 20.7. The largest absolute Gasteiger partial charge is 0.306 e. The van der Waals surface area contributed by atoms with Gasteiger partial charge in [0, 0.05) is 18.5 Å². The van der Waals surface area contributed by atoms with E-state index in [1.165, 1.54) is 6.92 Å². The number of hydrogen-bond acceptors (Lipinski definition) is 4. The van der Waals surface area contributed by atoms with Gasteiger partial charge in [-0.25, -0.2) is 0 Å². The van der Waals surface area contributed by atoms with Crippen LogP contribution in [0.2, 0.25) is 0 Å². The normalized spacial score (nSPS) is 18.6. The first kappa shape index (κ1) is 24.4. The Kier molecular flexibility index (Phi) is 6.86. The SMILES string of the molecule is CC(=O)N(CC(=O)N1c2ccccc2N(Cc2ccccc2)C(=O)C2CCC[C@H]21)C(=O)c1ccccc1. The van der Waals surface area contributed by atoms with Gasteiger partial charge < -0.3 is 9.80 Å². The number of imide groups is 1. The van der Waals surface area contributed by atoms with Gasteiger partial charge in [-0.15, -0.1) is 0 Å². The quantitative estimate of drug-likeness (QED) is 0.525. The lowest BCUT2D eigenvalue weighted by atomic mass is 10.0. The Labute approximate surface area is 216 Å². The number of para-hydroxylation sites is 2. The molecule has 0 aromatic heterocycles. The van der Waals surface area contributed by atoms with Crippen LogP contribution in [0.15, 0.2) is 84.9 Å². The van der Waals surface area contributed by atoms with E-state index in [9.17, 15) is 19.2 Å². The third-order valence-electron chi connectivity index (χ3n) is 7.22. The minimum Gasteiger partial charge on any atom is -0.306 e. The lowest BCUT2D eigenvalue weighted by Gasteiger charge is -2.32. The van der Waals surface area contributed by atoms with E-state index in [-0.39, 0.29) is 23.8 Å². The van der Waals surface area contributed by atoms with Crippen molar-refractivity contribution in [3.8, 4) is 0 Å². The van der Waals surface area contributed by atoms with Crippen molar-refractivity contribution in [1.82, 2.24) is 4.90 Å². The van der Waals surface area contributed by atoms with Gasteiger partial charge in [0.1, 0.15) is 6.54 Å². The molecule has 4 amide bonds. The molecule has 1 heterocycles. The highest BCUT2D eigenvalue weighted by molar-refractivity contribution is 6.11. The molecule has 0 radical (unpaired) electrons. The van der Waals surface area contributed by atoms with Crippen LogP contribution >= 0.6 is 0 Å². The van der Waals surface area contributed by atoms with E-state index >= 15 is 0 Å². The molecule has 1 aliphatic heterocycles. The lowest BCUT2D eigenvalue weighted by Crippen LogP contribution is -2.50. The molecule has 0 bridgehead atoms. The molecule has 1 unspecified atom stereocenters. The van der Waals surface area contributed by atoms with Crippen LogP contribution in [-0.4, -0.2) is 41.1 Å². The summed E-state index contributed by atoms with van der Waals surface area (Å²) in [6.45, 7) is 1.29. The lowest BCUT2D eigenvalue weighted by molar-refractivity contribution is -0.131. The van der Waals surface area contributed by atoms with Gasteiger partial charge in [-0.2, -0.15) is 0 Å². The fraction of sp³-hybridized carbons (Fsp3) is 0.267. The zero-order chi connectivity index (χ0) is 25.9. The minimum absolute atomic E-state index is 0.00195. The van der Waals surface area contributed by atoms with Crippen molar-refractivity contribution in [2.45, 2.75) is 38.8 Å². The number of nitrogens with zero attached hydrogens (tertiary/aromatic N) is 3. The van der Waals surface area contributed by atoms with Gasteiger partial charge in [-0.05, 0) is 42.7 Å². The summed E-state index contributed by atoms with van der Waals surface area (Å²) in [6, 6.07) is 25.3. The standard InChI is InChI=1S/C30H29N3O4/c1-21(34)31(29(36)23-13-6-3-7-14-23)20-28(35)33-25-18-10-15-24(25)30(37)32(19-22-11-4-2-5-12-22)26-16-8-9-17-27(26)33/h2-9,11-14,16-17,24-25H,10,15,18-20H2,1H3/t24?,25-/m1/s1. The van der Waals surface area contributed by atoms with Crippen molar-refractivity contribution < 1.29 is 19.2 Å². The van der Waals surface area contributed by atoms with Gasteiger partial charge in [-0.1, -0.05) is 67.1 Å². The number of carbonyl (C=O) groups is 4. The Morgan fingerprint density at radius 3 is 2.14 bits per heavy atom. The molecule has 188 valence electrons. The maximum atomic E-state index is 13.9. The van der Waals surface area contributed by atoms with Crippen molar-refractivity contribution in [2.75, 3.05) is 16.3 Å². The molecule has 7 heteroatoms. The van der Waals surface area contributed by atoms with Gasteiger partial charge in [0.15, 0.2) is 0 Å². The van der Waals surface area contributed by atoms with Crippen LogP contribution in [0.3, 0.4) is 0 Å². The zero-order valence-electron chi connectivity index (χ0n) is 20.7. The van der Waals surface area contributed by atoms with E-state index in [1.807, 2.05) is 54.6 Å². The molecule has 1 saturated carbocycles. The summed E-state index contributed by atoms with van der Waals surface area (Å²) in [5.74, 6) is -1.75. The molecular formula is C30H29N3O4. The van der Waals surface area contributed by atoms with E-state index in [1.54, 1.807) is 40.1 Å². The van der Waals surface area contributed by atoms with Crippen LogP contribution in [0, 0.1) is 5.92 Å². The summed E-state index contributed by atoms with van der Waals surface area (Å²) in [7, 11) is 0. The highest BCUT2D eigenvalue weighted by Gasteiger charge is 2.46. The van der Waals surface area contributed by atoms with Crippen LogP contribution in [0.25, 0.3) is 0 Å². The van der Waals surface area contributed by atoms with Gasteiger partial charge >= 0.3 is 0 Å². The van der Waals surface area contributed by atoms with Crippen LogP contribution in [0.5, 0.6) is 0 Å². The first-order valence-corrected chi connectivity index (χ1v) is 12.6. The molecule has 0 saturated heterocycles. The van der Waals surface area contributed by atoms with Crippen molar-refractivity contribution in [3.05, 3.63) is 96.1 Å². The Balaban J connectivity index is 1.52. The summed E-state index contributed by atoms with van der Waals surface area (Å²) < 4.78 is 0. The van der Waals surface area contributed by atoms with E-state index < -0.39 is 18.4 Å². The predicted molar refractivity (Wildman–Crippen MR) is 141 cm³/mol. The van der Waals surface area contributed by atoms with Gasteiger partial charge in [-0.3, -0.25) is 24.1 Å². The van der Waals surface area contributed by atoms with Crippen LogP contribution in [0.1, 0.15) is 42.1 Å². The second-order valence-corrected chi connectivity index (χ2v) is 9.54. The number of anilines is 2. The van der Waals surface area contributed by atoms with Crippen LogP contribution < -0.4 is 9.80 Å². The first-order chi connectivity index (χ1) is 18.0. The van der Waals surface area contributed by atoms with Crippen LogP contribution in [0.4, 0.5) is 11.4 Å². The topological polar surface area (TPSA) is 78.0 Å². The Bertz CT molecular complexity index is 1320. The first-order valence-electron chi connectivity index (χ1n) is 12.6. The molecule has 37 heavy (non-hydrogen) atoms. The molecule has 3 aromatic rings. The number of fused-ring (bicyclic) bond motifs is 2. The Hall–Kier alpha value is -4.26. The second-order valence-electron chi connectivity index (χ2n) is 9.54. The molecule has 0 N–H and O–H groups in total. The summed E-state index contributed by atoms with van der Waals surface area (Å²) in [6.07, 6.45) is 2.19. The van der Waals surface area contributed by atoms with Crippen molar-refractivity contribution in [3.63, 3.8) is 0 Å². The highest BCUT2D eigenvalue weighted by atomic mass is 16.2. The Morgan fingerprint density at radius 2 is 1.46 bits per heavy atom. The molecule has 1 aliphatic carbocycles. The number of benzene rings is 3. The van der Waals surface area contributed by atoms with E-state index in [2.05, 4.69) is 0 Å². The van der Waals surface area contributed by atoms with Gasteiger partial charge in [0.25, 0.3) is 5.91 Å². The number of rotatable bonds is 5. The second kappa shape index (κ2) is 10.4. The van der Waals surface area contributed by atoms with E-state index in [0.29, 0.717) is 36.3 Å². The van der Waals surface area contributed by atoms with Gasteiger partial charge in [0.2, 0.25) is 17.7 Å². The molecule has 5 rings (SSSR count). The summed E-state index contributed by atoms with van der Waals surface area (Å²) in [5.41, 5.74) is 2.62. The molecule has 3 aromatic carbocycles. The molecule has 2 atom stereocenters. The molecule has 0 spiro atoms. The van der Waals surface area contributed by atoms with Gasteiger partial charge in [0.05, 0.1) is 23.8 Å². The summed E-state index contributed by atoms with van der Waals surface area (Å²) >= 11 is 0. The van der Waals surface area contributed by atoms with Crippen molar-refractivity contribution >= 4 is 35.0 Å². The number of carbonyl (C=O) groups excluding carboxylic acids is 4. The van der Waals surface area contributed by atoms with Crippen LogP contribution in [-0.2, 0) is 20.9 Å². The minimum atomic E-state index is -0.519. The fourth-order valence-corrected chi connectivity index (χ4v) is 5.45. The third kappa shape index (κ3) is 4.77. The molecule has 1 fully saturated rings. The summed E-state index contributed by atoms with van der Waals surface area (Å²) in [4.78, 5) is 57.8. The fourth-order valence-electron chi connectivity index (χ4n) is 5.45. The molecular weight excluding hydrogens is 466 g/mol. The van der Waals surface area contributed by atoms with Crippen molar-refractivity contribution in [1.29, 1.82) is 0 Å². The highest BCUT2D eigenvalue weighted by Crippen LogP contribution is 2.43. The molecule has 7 nitrogen and oxygen atoms in total. The average Bonchev–Trinajstić information content (AvgIpc) is 3.37. The third-order valence-corrected chi connectivity index (χ3v) is 7.22.